The normalized spacial score (nSPS) is 11.6. The van der Waals surface area contributed by atoms with Crippen molar-refractivity contribution in [3.63, 3.8) is 0 Å². The SMILES string of the molecule is O=[N+]([O-])c1cc(Cl)ccc1Cc1ccccc1[Si](O[Si](c1ccccc1)(c1ccccc1)c1ccccc1Cc1ccc(Cl)cc1[N+](=O)[O-])(c1ccccc1)c1ccccc1. The van der Waals surface area contributed by atoms with Gasteiger partial charge in [0.25, 0.3) is 28.0 Å². The average Bonchev–Trinajstić information content (AvgIpc) is 3.30. The lowest BCUT2D eigenvalue weighted by molar-refractivity contribution is -0.385. The largest absolute Gasteiger partial charge is 0.435 e. The maximum atomic E-state index is 12.5. The number of hydrogen-bond acceptors (Lipinski definition) is 5. The summed E-state index contributed by atoms with van der Waals surface area (Å²) in [7, 11) is -7.55. The van der Waals surface area contributed by atoms with Crippen LogP contribution in [0.2, 0.25) is 10.0 Å². The maximum Gasteiger partial charge on any atom is 0.279 e. The molecular formula is C50H38Cl2N2O5Si2. The Bertz CT molecular complexity index is 2560. The van der Waals surface area contributed by atoms with Gasteiger partial charge in [0, 0.05) is 46.1 Å². The van der Waals surface area contributed by atoms with Crippen LogP contribution in [0.15, 0.2) is 206 Å². The molecule has 11 heteroatoms. The van der Waals surface area contributed by atoms with Crippen molar-refractivity contribution in [2.45, 2.75) is 12.8 Å². The molecule has 0 aliphatic rings. The van der Waals surface area contributed by atoms with Crippen LogP contribution in [-0.4, -0.2) is 26.5 Å². The molecule has 8 rings (SSSR count). The van der Waals surface area contributed by atoms with E-state index in [2.05, 4.69) is 60.7 Å². The molecule has 0 heterocycles. The van der Waals surface area contributed by atoms with E-state index in [4.69, 9.17) is 27.3 Å². The molecule has 0 unspecified atom stereocenters. The summed E-state index contributed by atoms with van der Waals surface area (Å²) in [6, 6.07) is 67.0. The number of rotatable bonds is 14. The summed E-state index contributed by atoms with van der Waals surface area (Å²) in [6.07, 6.45) is 0.479. The Morgan fingerprint density at radius 3 is 1.00 bits per heavy atom. The van der Waals surface area contributed by atoms with Crippen LogP contribution in [0.25, 0.3) is 0 Å². The zero-order valence-electron chi connectivity index (χ0n) is 32.7. The van der Waals surface area contributed by atoms with Crippen LogP contribution in [0.4, 0.5) is 11.4 Å². The molecule has 0 atom stereocenters. The third-order valence-electron chi connectivity index (χ3n) is 11.1. The Morgan fingerprint density at radius 2 is 0.689 bits per heavy atom. The molecule has 0 spiro atoms. The zero-order chi connectivity index (χ0) is 42.4. The second-order valence-corrected chi connectivity index (χ2v) is 22.5. The van der Waals surface area contributed by atoms with Gasteiger partial charge in [-0.25, -0.2) is 0 Å². The van der Waals surface area contributed by atoms with Gasteiger partial charge >= 0.3 is 0 Å². The molecule has 0 fully saturated rings. The van der Waals surface area contributed by atoms with Crippen molar-refractivity contribution in [3.05, 3.63) is 259 Å². The van der Waals surface area contributed by atoms with Gasteiger partial charge in [-0.15, -0.1) is 0 Å². The number of nitro groups is 2. The summed E-state index contributed by atoms with van der Waals surface area (Å²) in [6.45, 7) is 0. The molecule has 8 aromatic carbocycles. The van der Waals surface area contributed by atoms with E-state index in [-0.39, 0.29) is 44.1 Å². The van der Waals surface area contributed by atoms with E-state index >= 15 is 0 Å². The molecule has 0 bridgehead atoms. The summed E-state index contributed by atoms with van der Waals surface area (Å²) in [5, 5.41) is 31.3. The molecule has 0 amide bonds. The number of hydrogen-bond donors (Lipinski definition) is 0. The van der Waals surface area contributed by atoms with Crippen LogP contribution in [0, 0.1) is 20.2 Å². The van der Waals surface area contributed by atoms with Gasteiger partial charge in [0.2, 0.25) is 0 Å². The van der Waals surface area contributed by atoms with Crippen molar-refractivity contribution >= 4 is 82.3 Å². The second-order valence-electron chi connectivity index (χ2n) is 14.7. The highest BCUT2D eigenvalue weighted by Gasteiger charge is 2.54. The summed E-state index contributed by atoms with van der Waals surface area (Å²) in [5.74, 6) is 0. The van der Waals surface area contributed by atoms with E-state index in [1.165, 1.54) is 12.1 Å². The quantitative estimate of drug-likeness (QED) is 0.0472. The van der Waals surface area contributed by atoms with Crippen LogP contribution in [0.1, 0.15) is 22.3 Å². The third-order valence-corrected chi connectivity index (χ3v) is 21.1. The van der Waals surface area contributed by atoms with Crippen molar-refractivity contribution in [1.29, 1.82) is 0 Å². The van der Waals surface area contributed by atoms with E-state index in [0.717, 1.165) is 42.2 Å². The van der Waals surface area contributed by atoms with E-state index in [1.807, 2.05) is 109 Å². The first kappa shape index (κ1) is 41.3. The van der Waals surface area contributed by atoms with Crippen LogP contribution >= 0.6 is 23.2 Å². The lowest BCUT2D eigenvalue weighted by Gasteiger charge is -2.45. The lowest BCUT2D eigenvalue weighted by Crippen LogP contribution is -2.81. The van der Waals surface area contributed by atoms with Crippen LogP contribution in [-0.2, 0) is 17.0 Å². The van der Waals surface area contributed by atoms with Gasteiger partial charge in [-0.05, 0) is 54.4 Å². The molecule has 61 heavy (non-hydrogen) atoms. The number of halogens is 2. The van der Waals surface area contributed by atoms with Gasteiger partial charge in [-0.1, -0.05) is 205 Å². The minimum absolute atomic E-state index is 0.0579. The first-order chi connectivity index (χ1) is 29.7. The Morgan fingerprint density at radius 1 is 0.393 bits per heavy atom. The van der Waals surface area contributed by atoms with Crippen molar-refractivity contribution < 1.29 is 14.0 Å². The van der Waals surface area contributed by atoms with Gasteiger partial charge in [0.15, 0.2) is 0 Å². The standard InChI is InChI=1S/C50H38Cl2N2O5Si2/c51-41-31-29-37(47(35-41)53(55)56)33-39-17-13-15-27-49(39)60(43-19-5-1-6-20-43,44-21-7-2-8-22-44)59-61(45-23-9-3-10-24-45,46-25-11-4-12-26-46)50-28-16-14-18-40(50)34-38-30-32-42(52)36-48(38)54(57)58/h1-32,35-36H,33-34H2. The highest BCUT2D eigenvalue weighted by atomic mass is 35.5. The summed E-state index contributed by atoms with van der Waals surface area (Å²) in [4.78, 5) is 24.2. The van der Waals surface area contributed by atoms with Crippen molar-refractivity contribution in [1.82, 2.24) is 0 Å². The van der Waals surface area contributed by atoms with Crippen molar-refractivity contribution in [2.75, 3.05) is 0 Å². The molecule has 8 aromatic rings. The van der Waals surface area contributed by atoms with E-state index in [1.54, 1.807) is 24.3 Å². The molecule has 7 nitrogen and oxygen atoms in total. The molecular weight excluding hydrogens is 836 g/mol. The van der Waals surface area contributed by atoms with Gasteiger partial charge in [-0.2, -0.15) is 0 Å². The number of nitro benzene ring substituents is 2. The molecule has 0 aliphatic carbocycles. The molecule has 0 aliphatic heterocycles. The van der Waals surface area contributed by atoms with Crippen LogP contribution in [0.5, 0.6) is 0 Å². The van der Waals surface area contributed by atoms with E-state index < -0.39 is 16.6 Å². The molecule has 0 saturated carbocycles. The average molecular weight is 874 g/mol. The monoisotopic (exact) mass is 872 g/mol. The smallest absolute Gasteiger partial charge is 0.279 e. The van der Waals surface area contributed by atoms with E-state index in [9.17, 15) is 20.2 Å². The highest BCUT2D eigenvalue weighted by molar-refractivity contribution is 7.18. The van der Waals surface area contributed by atoms with E-state index in [0.29, 0.717) is 11.1 Å². The lowest BCUT2D eigenvalue weighted by atomic mass is 10.0. The maximum absolute atomic E-state index is 12.5. The molecule has 0 radical (unpaired) electrons. The van der Waals surface area contributed by atoms with Gasteiger partial charge in [-0.3, -0.25) is 20.2 Å². The van der Waals surface area contributed by atoms with Crippen molar-refractivity contribution in [3.8, 4) is 0 Å². The van der Waals surface area contributed by atoms with Crippen LogP contribution in [0.3, 0.4) is 0 Å². The Labute approximate surface area is 366 Å². The van der Waals surface area contributed by atoms with Gasteiger partial charge in [0.1, 0.15) is 0 Å². The van der Waals surface area contributed by atoms with Crippen LogP contribution < -0.4 is 31.1 Å². The molecule has 0 aromatic heterocycles. The first-order valence-electron chi connectivity index (χ1n) is 19.7. The minimum atomic E-state index is -3.77. The third kappa shape index (κ3) is 8.22. The summed E-state index contributed by atoms with van der Waals surface area (Å²) >= 11 is 12.6. The highest BCUT2D eigenvalue weighted by Crippen LogP contribution is 2.29. The zero-order valence-corrected chi connectivity index (χ0v) is 36.2. The second kappa shape index (κ2) is 18.0. The Kier molecular flexibility index (Phi) is 12.2. The Hall–Kier alpha value is -6.47. The first-order valence-corrected chi connectivity index (χ1v) is 24.2. The predicted octanol–water partition coefficient (Wildman–Crippen LogP) is 8.64. The predicted molar refractivity (Wildman–Crippen MR) is 251 cm³/mol. The molecule has 0 N–H and O–H groups in total. The topological polar surface area (TPSA) is 95.5 Å². The van der Waals surface area contributed by atoms with Gasteiger partial charge < -0.3 is 4.12 Å². The summed E-state index contributed by atoms with van der Waals surface area (Å²) in [5.41, 5.74) is 2.68. The fourth-order valence-electron chi connectivity index (χ4n) is 8.38. The fraction of sp³-hybridized carbons (Fsp3) is 0.0400. The Balaban J connectivity index is 1.49. The van der Waals surface area contributed by atoms with Gasteiger partial charge in [0.05, 0.1) is 9.85 Å². The number of benzene rings is 8. The minimum Gasteiger partial charge on any atom is -0.435 e. The molecule has 0 saturated heterocycles. The number of nitrogens with zero attached hydrogens (tertiary/aromatic N) is 2. The fourth-order valence-corrected chi connectivity index (χ4v) is 19.8. The van der Waals surface area contributed by atoms with Crippen molar-refractivity contribution in [2.24, 2.45) is 0 Å². The summed E-state index contributed by atoms with van der Waals surface area (Å²) < 4.78 is 8.66. The molecule has 300 valence electrons.